The Balaban J connectivity index is 1.87. The van der Waals surface area contributed by atoms with E-state index in [1.807, 2.05) is 17.2 Å². The van der Waals surface area contributed by atoms with Gasteiger partial charge in [0, 0.05) is 23.7 Å². The number of piperidine rings is 1. The van der Waals surface area contributed by atoms with Crippen LogP contribution in [0.2, 0.25) is 0 Å². The van der Waals surface area contributed by atoms with Crippen LogP contribution in [-0.4, -0.2) is 27.5 Å². The standard InChI is InChI=1S/C14H17N3O2S/c1-9-8-20-13(15-9)12-5-3-4-6-17(12)14(18)11-7-10(2)19-16-11/h7-8,12H,3-6H2,1-2H3/t12-/m1/s1. The first-order valence-corrected chi connectivity index (χ1v) is 7.69. The van der Waals surface area contributed by atoms with Gasteiger partial charge in [-0.1, -0.05) is 5.16 Å². The average Bonchev–Trinajstić information content (AvgIpc) is 3.07. The van der Waals surface area contributed by atoms with Crippen LogP contribution in [0.5, 0.6) is 0 Å². The lowest BCUT2D eigenvalue weighted by Gasteiger charge is -2.33. The summed E-state index contributed by atoms with van der Waals surface area (Å²) in [4.78, 5) is 19.0. The van der Waals surface area contributed by atoms with Crippen LogP contribution < -0.4 is 0 Å². The molecule has 3 heterocycles. The molecule has 0 spiro atoms. The van der Waals surface area contributed by atoms with Crippen LogP contribution >= 0.6 is 11.3 Å². The second-order valence-corrected chi connectivity index (χ2v) is 6.05. The summed E-state index contributed by atoms with van der Waals surface area (Å²) in [7, 11) is 0. The van der Waals surface area contributed by atoms with Crippen LogP contribution in [0.25, 0.3) is 0 Å². The van der Waals surface area contributed by atoms with Crippen molar-refractivity contribution in [2.75, 3.05) is 6.54 Å². The monoisotopic (exact) mass is 291 g/mol. The van der Waals surface area contributed by atoms with Crippen molar-refractivity contribution in [1.82, 2.24) is 15.0 Å². The van der Waals surface area contributed by atoms with Crippen LogP contribution in [0.1, 0.15) is 52.3 Å². The van der Waals surface area contributed by atoms with Crippen molar-refractivity contribution >= 4 is 17.2 Å². The molecule has 0 bridgehead atoms. The fourth-order valence-electron chi connectivity index (χ4n) is 2.57. The molecule has 1 aliphatic rings. The first kappa shape index (κ1) is 13.3. The normalized spacial score (nSPS) is 19.3. The van der Waals surface area contributed by atoms with Gasteiger partial charge in [0.2, 0.25) is 0 Å². The minimum absolute atomic E-state index is 0.0561. The van der Waals surface area contributed by atoms with Crippen LogP contribution in [0.3, 0.4) is 0 Å². The highest BCUT2D eigenvalue weighted by molar-refractivity contribution is 7.09. The molecular weight excluding hydrogens is 274 g/mol. The molecule has 1 fully saturated rings. The molecule has 5 nitrogen and oxygen atoms in total. The topological polar surface area (TPSA) is 59.2 Å². The number of rotatable bonds is 2. The predicted octanol–water partition coefficient (Wildman–Crippen LogP) is 3.12. The molecule has 2 aromatic rings. The summed E-state index contributed by atoms with van der Waals surface area (Å²) in [5.41, 5.74) is 1.41. The molecular formula is C14H17N3O2S. The second kappa shape index (κ2) is 5.36. The lowest BCUT2D eigenvalue weighted by molar-refractivity contribution is 0.0600. The number of aryl methyl sites for hydroxylation is 2. The molecule has 1 amide bonds. The molecule has 0 N–H and O–H groups in total. The first-order chi connectivity index (χ1) is 9.65. The minimum atomic E-state index is -0.0561. The molecule has 20 heavy (non-hydrogen) atoms. The Morgan fingerprint density at radius 3 is 2.95 bits per heavy atom. The Bertz CT molecular complexity index is 619. The van der Waals surface area contributed by atoms with Gasteiger partial charge in [-0.3, -0.25) is 4.79 Å². The lowest BCUT2D eigenvalue weighted by atomic mass is 10.0. The van der Waals surface area contributed by atoms with Gasteiger partial charge < -0.3 is 9.42 Å². The summed E-state index contributed by atoms with van der Waals surface area (Å²) in [5, 5.41) is 6.90. The van der Waals surface area contributed by atoms with E-state index < -0.39 is 0 Å². The molecule has 1 aliphatic heterocycles. The zero-order chi connectivity index (χ0) is 14.1. The van der Waals surface area contributed by atoms with Crippen LogP contribution in [-0.2, 0) is 0 Å². The molecule has 6 heteroatoms. The van der Waals surface area contributed by atoms with Crippen molar-refractivity contribution in [2.45, 2.75) is 39.2 Å². The van der Waals surface area contributed by atoms with Gasteiger partial charge in [0.15, 0.2) is 5.69 Å². The number of thiazole rings is 1. The smallest absolute Gasteiger partial charge is 0.276 e. The third kappa shape index (κ3) is 2.47. The SMILES string of the molecule is Cc1csc([C@H]2CCCCN2C(=O)c2cc(C)on2)n1. The molecule has 106 valence electrons. The molecule has 0 aromatic carbocycles. The lowest BCUT2D eigenvalue weighted by Crippen LogP contribution is -2.38. The highest BCUT2D eigenvalue weighted by Crippen LogP contribution is 2.33. The van der Waals surface area contributed by atoms with Crippen molar-refractivity contribution in [1.29, 1.82) is 0 Å². The van der Waals surface area contributed by atoms with Gasteiger partial charge in [0.05, 0.1) is 6.04 Å². The third-order valence-corrected chi connectivity index (χ3v) is 4.60. The Kier molecular flexibility index (Phi) is 3.56. The molecule has 0 saturated carbocycles. The molecule has 2 aromatic heterocycles. The summed E-state index contributed by atoms with van der Waals surface area (Å²) in [5.74, 6) is 0.603. The molecule has 0 aliphatic carbocycles. The van der Waals surface area contributed by atoms with E-state index in [2.05, 4.69) is 10.1 Å². The van der Waals surface area contributed by atoms with Crippen molar-refractivity contribution in [3.8, 4) is 0 Å². The number of hydrogen-bond acceptors (Lipinski definition) is 5. The molecule has 1 saturated heterocycles. The van der Waals surface area contributed by atoms with Gasteiger partial charge in [-0.2, -0.15) is 0 Å². The van der Waals surface area contributed by atoms with Crippen LogP contribution in [0.4, 0.5) is 0 Å². The zero-order valence-electron chi connectivity index (χ0n) is 11.6. The predicted molar refractivity (Wildman–Crippen MR) is 75.7 cm³/mol. The van der Waals surface area contributed by atoms with Crippen molar-refractivity contribution < 1.29 is 9.32 Å². The summed E-state index contributed by atoms with van der Waals surface area (Å²) in [6.07, 6.45) is 3.13. The van der Waals surface area contributed by atoms with E-state index in [0.717, 1.165) is 36.5 Å². The quantitative estimate of drug-likeness (QED) is 0.853. The maximum atomic E-state index is 12.6. The van der Waals surface area contributed by atoms with Crippen molar-refractivity contribution in [2.24, 2.45) is 0 Å². The summed E-state index contributed by atoms with van der Waals surface area (Å²) in [6, 6.07) is 1.77. The fourth-order valence-corrected chi connectivity index (χ4v) is 3.51. The average molecular weight is 291 g/mol. The van der Waals surface area contributed by atoms with Crippen LogP contribution in [0.15, 0.2) is 16.0 Å². The number of nitrogens with zero attached hydrogens (tertiary/aromatic N) is 3. The number of hydrogen-bond donors (Lipinski definition) is 0. The fraction of sp³-hybridized carbons (Fsp3) is 0.500. The highest BCUT2D eigenvalue weighted by atomic mass is 32.1. The van der Waals surface area contributed by atoms with Gasteiger partial charge in [0.1, 0.15) is 10.8 Å². The summed E-state index contributed by atoms with van der Waals surface area (Å²) >= 11 is 1.63. The Morgan fingerprint density at radius 1 is 1.45 bits per heavy atom. The minimum Gasteiger partial charge on any atom is -0.361 e. The van der Waals surface area contributed by atoms with Gasteiger partial charge in [-0.15, -0.1) is 11.3 Å². The van der Waals surface area contributed by atoms with Crippen molar-refractivity contribution in [3.05, 3.63) is 33.6 Å². The molecule has 1 atom stereocenters. The van der Waals surface area contributed by atoms with E-state index in [1.165, 1.54) is 0 Å². The Morgan fingerprint density at radius 2 is 2.30 bits per heavy atom. The van der Waals surface area contributed by atoms with Crippen LogP contribution in [0, 0.1) is 13.8 Å². The Hall–Kier alpha value is -1.69. The van der Waals surface area contributed by atoms with Gasteiger partial charge in [-0.25, -0.2) is 4.98 Å². The summed E-state index contributed by atoms with van der Waals surface area (Å²) in [6.45, 7) is 4.53. The van der Waals surface area contributed by atoms with E-state index in [9.17, 15) is 4.79 Å². The number of aromatic nitrogens is 2. The van der Waals surface area contributed by atoms with E-state index in [0.29, 0.717) is 11.5 Å². The van der Waals surface area contributed by atoms with Crippen molar-refractivity contribution in [3.63, 3.8) is 0 Å². The van der Waals surface area contributed by atoms with E-state index in [1.54, 1.807) is 24.3 Å². The van der Waals surface area contributed by atoms with Gasteiger partial charge in [-0.05, 0) is 33.1 Å². The second-order valence-electron chi connectivity index (χ2n) is 5.16. The zero-order valence-corrected chi connectivity index (χ0v) is 12.4. The first-order valence-electron chi connectivity index (χ1n) is 6.81. The highest BCUT2D eigenvalue weighted by Gasteiger charge is 2.31. The maximum Gasteiger partial charge on any atom is 0.276 e. The maximum absolute atomic E-state index is 12.6. The largest absolute Gasteiger partial charge is 0.361 e. The molecule has 3 rings (SSSR count). The van der Waals surface area contributed by atoms with E-state index in [-0.39, 0.29) is 11.9 Å². The van der Waals surface area contributed by atoms with Gasteiger partial charge in [0.25, 0.3) is 5.91 Å². The summed E-state index contributed by atoms with van der Waals surface area (Å²) < 4.78 is 5.01. The molecule has 0 radical (unpaired) electrons. The number of amides is 1. The third-order valence-electron chi connectivity index (χ3n) is 3.53. The Labute approximate surface area is 121 Å². The number of likely N-dealkylation sites (tertiary alicyclic amines) is 1. The number of carbonyl (C=O) groups excluding carboxylic acids is 1. The number of carbonyl (C=O) groups is 1. The van der Waals surface area contributed by atoms with E-state index >= 15 is 0 Å². The van der Waals surface area contributed by atoms with E-state index in [4.69, 9.17) is 4.52 Å². The molecule has 0 unspecified atom stereocenters. The van der Waals surface area contributed by atoms with Gasteiger partial charge >= 0.3 is 0 Å².